The average Bonchev–Trinajstić information content (AvgIpc) is 2.45. The van der Waals surface area contributed by atoms with E-state index >= 15 is 0 Å². The molecule has 2 aromatic rings. The number of ether oxygens (including phenoxy) is 1. The molecule has 19 heavy (non-hydrogen) atoms. The maximum atomic E-state index is 9.84. The standard InChI is InChI=1S/C14H14BrNO2S/c15-11-6-7-14(16-8-11)19-10-12(17)9-18-13-4-2-1-3-5-13/h1-8,12,17H,9-10H2. The first-order valence-electron chi connectivity index (χ1n) is 5.84. The van der Waals surface area contributed by atoms with Crippen LogP contribution in [0.3, 0.4) is 0 Å². The summed E-state index contributed by atoms with van der Waals surface area (Å²) in [5.74, 6) is 1.33. The molecular weight excluding hydrogens is 326 g/mol. The Morgan fingerprint density at radius 2 is 2.00 bits per heavy atom. The van der Waals surface area contributed by atoms with Crippen molar-refractivity contribution in [3.8, 4) is 5.75 Å². The molecule has 0 fully saturated rings. The fourth-order valence-electron chi connectivity index (χ4n) is 1.39. The van der Waals surface area contributed by atoms with Gasteiger partial charge in [0.1, 0.15) is 12.4 Å². The molecule has 0 aliphatic carbocycles. The number of aliphatic hydroxyl groups is 1. The van der Waals surface area contributed by atoms with E-state index in [1.165, 1.54) is 11.8 Å². The summed E-state index contributed by atoms with van der Waals surface area (Å²) in [6, 6.07) is 13.3. The molecule has 0 aliphatic heterocycles. The maximum absolute atomic E-state index is 9.84. The van der Waals surface area contributed by atoms with Gasteiger partial charge in [0.05, 0.1) is 11.1 Å². The molecule has 5 heteroatoms. The second kappa shape index (κ2) is 7.53. The van der Waals surface area contributed by atoms with Gasteiger partial charge in [-0.05, 0) is 40.2 Å². The lowest BCUT2D eigenvalue weighted by Gasteiger charge is -2.11. The number of aliphatic hydroxyl groups excluding tert-OH is 1. The predicted octanol–water partition coefficient (Wildman–Crippen LogP) is 3.38. The SMILES string of the molecule is OC(COc1ccccc1)CSc1ccc(Br)cn1. The van der Waals surface area contributed by atoms with Crippen molar-refractivity contribution in [1.29, 1.82) is 0 Å². The minimum absolute atomic E-state index is 0.285. The number of hydrogen-bond acceptors (Lipinski definition) is 4. The summed E-state index contributed by atoms with van der Waals surface area (Å²) in [5, 5.41) is 10.7. The van der Waals surface area contributed by atoms with Crippen LogP contribution in [0.1, 0.15) is 0 Å². The largest absolute Gasteiger partial charge is 0.491 e. The molecule has 1 aromatic carbocycles. The van der Waals surface area contributed by atoms with Crippen molar-refractivity contribution in [3.63, 3.8) is 0 Å². The highest BCUT2D eigenvalue weighted by Gasteiger charge is 2.07. The first kappa shape index (κ1) is 14.4. The third-order valence-corrected chi connectivity index (χ3v) is 3.87. The summed E-state index contributed by atoms with van der Waals surface area (Å²) in [4.78, 5) is 4.23. The second-order valence-electron chi connectivity index (χ2n) is 3.90. The number of hydrogen-bond donors (Lipinski definition) is 1. The number of aromatic nitrogens is 1. The molecule has 3 nitrogen and oxygen atoms in total. The van der Waals surface area contributed by atoms with E-state index in [0.29, 0.717) is 5.75 Å². The highest BCUT2D eigenvalue weighted by Crippen LogP contribution is 2.18. The van der Waals surface area contributed by atoms with E-state index in [2.05, 4.69) is 20.9 Å². The van der Waals surface area contributed by atoms with Gasteiger partial charge in [0.2, 0.25) is 0 Å². The molecular formula is C14H14BrNO2S. The number of pyridine rings is 1. The van der Waals surface area contributed by atoms with Crippen molar-refractivity contribution in [1.82, 2.24) is 4.98 Å². The number of benzene rings is 1. The lowest BCUT2D eigenvalue weighted by Crippen LogP contribution is -2.20. The fourth-order valence-corrected chi connectivity index (χ4v) is 2.37. The van der Waals surface area contributed by atoms with E-state index in [1.54, 1.807) is 6.20 Å². The Kier molecular flexibility index (Phi) is 5.69. The van der Waals surface area contributed by atoms with Gasteiger partial charge in [0.15, 0.2) is 0 Å². The average molecular weight is 340 g/mol. The van der Waals surface area contributed by atoms with E-state index in [-0.39, 0.29) is 6.61 Å². The molecule has 0 bridgehead atoms. The van der Waals surface area contributed by atoms with Crippen LogP contribution in [0.5, 0.6) is 5.75 Å². The highest BCUT2D eigenvalue weighted by atomic mass is 79.9. The maximum Gasteiger partial charge on any atom is 0.119 e. The number of nitrogens with zero attached hydrogens (tertiary/aromatic N) is 1. The molecule has 0 saturated heterocycles. The van der Waals surface area contributed by atoms with Crippen molar-refractivity contribution in [3.05, 3.63) is 53.1 Å². The van der Waals surface area contributed by atoms with Gasteiger partial charge in [0.25, 0.3) is 0 Å². The Balaban J connectivity index is 1.72. The molecule has 1 atom stereocenters. The van der Waals surface area contributed by atoms with Gasteiger partial charge in [-0.2, -0.15) is 0 Å². The Morgan fingerprint density at radius 3 is 2.68 bits per heavy atom. The predicted molar refractivity (Wildman–Crippen MR) is 80.6 cm³/mol. The van der Waals surface area contributed by atoms with Crippen molar-refractivity contribution < 1.29 is 9.84 Å². The summed E-state index contributed by atoms with van der Waals surface area (Å²) in [7, 11) is 0. The number of rotatable bonds is 6. The summed E-state index contributed by atoms with van der Waals surface area (Å²) >= 11 is 4.85. The molecule has 0 spiro atoms. The third-order valence-electron chi connectivity index (χ3n) is 2.31. The lowest BCUT2D eigenvalue weighted by molar-refractivity contribution is 0.126. The molecule has 0 saturated carbocycles. The third kappa shape index (κ3) is 5.22. The zero-order valence-electron chi connectivity index (χ0n) is 10.2. The molecule has 1 heterocycles. The van der Waals surface area contributed by atoms with Crippen LogP contribution in [0.4, 0.5) is 0 Å². The zero-order valence-corrected chi connectivity index (χ0v) is 12.6. The summed E-state index contributed by atoms with van der Waals surface area (Å²) in [6.45, 7) is 0.285. The topological polar surface area (TPSA) is 42.4 Å². The van der Waals surface area contributed by atoms with Gasteiger partial charge in [-0.1, -0.05) is 18.2 Å². The lowest BCUT2D eigenvalue weighted by atomic mass is 10.3. The normalized spacial score (nSPS) is 12.1. The summed E-state index contributed by atoms with van der Waals surface area (Å²) < 4.78 is 6.43. The van der Waals surface area contributed by atoms with Gasteiger partial charge in [0, 0.05) is 16.4 Å². The molecule has 0 radical (unpaired) electrons. The van der Waals surface area contributed by atoms with Crippen LogP contribution < -0.4 is 4.74 Å². The molecule has 1 N–H and O–H groups in total. The van der Waals surface area contributed by atoms with Gasteiger partial charge >= 0.3 is 0 Å². The van der Waals surface area contributed by atoms with E-state index < -0.39 is 6.10 Å². The van der Waals surface area contributed by atoms with E-state index in [1.807, 2.05) is 42.5 Å². The number of para-hydroxylation sites is 1. The van der Waals surface area contributed by atoms with Gasteiger partial charge in [-0.3, -0.25) is 0 Å². The van der Waals surface area contributed by atoms with Crippen molar-refractivity contribution in [2.75, 3.05) is 12.4 Å². The van der Waals surface area contributed by atoms with Crippen LogP contribution in [0, 0.1) is 0 Å². The monoisotopic (exact) mass is 339 g/mol. The van der Waals surface area contributed by atoms with Crippen LogP contribution >= 0.6 is 27.7 Å². The molecule has 0 aliphatic rings. The van der Waals surface area contributed by atoms with Crippen LogP contribution in [0.15, 0.2) is 58.2 Å². The quantitative estimate of drug-likeness (QED) is 0.819. The van der Waals surface area contributed by atoms with Crippen LogP contribution in [0.25, 0.3) is 0 Å². The van der Waals surface area contributed by atoms with Crippen LogP contribution in [-0.4, -0.2) is 28.6 Å². The molecule has 1 aromatic heterocycles. The van der Waals surface area contributed by atoms with Crippen LogP contribution in [-0.2, 0) is 0 Å². The minimum Gasteiger partial charge on any atom is -0.491 e. The van der Waals surface area contributed by atoms with Gasteiger partial charge in [-0.15, -0.1) is 11.8 Å². The smallest absolute Gasteiger partial charge is 0.119 e. The Morgan fingerprint density at radius 1 is 1.21 bits per heavy atom. The van der Waals surface area contributed by atoms with E-state index in [9.17, 15) is 5.11 Å². The Labute approximate surface area is 125 Å². The number of halogens is 1. The van der Waals surface area contributed by atoms with E-state index in [0.717, 1.165) is 15.2 Å². The first-order chi connectivity index (χ1) is 9.24. The summed E-state index contributed by atoms with van der Waals surface area (Å²) in [6.07, 6.45) is 1.23. The molecule has 100 valence electrons. The first-order valence-corrected chi connectivity index (χ1v) is 7.62. The minimum atomic E-state index is -0.518. The molecule has 1 unspecified atom stereocenters. The Bertz CT molecular complexity index is 493. The molecule has 2 rings (SSSR count). The Hall–Kier alpha value is -1.04. The fraction of sp³-hybridized carbons (Fsp3) is 0.214. The second-order valence-corrected chi connectivity index (χ2v) is 5.86. The van der Waals surface area contributed by atoms with Crippen molar-refractivity contribution in [2.24, 2.45) is 0 Å². The number of thioether (sulfide) groups is 1. The van der Waals surface area contributed by atoms with E-state index in [4.69, 9.17) is 4.74 Å². The van der Waals surface area contributed by atoms with Crippen molar-refractivity contribution >= 4 is 27.7 Å². The zero-order chi connectivity index (χ0) is 13.5. The van der Waals surface area contributed by atoms with Gasteiger partial charge in [-0.25, -0.2) is 4.98 Å². The van der Waals surface area contributed by atoms with Crippen LogP contribution in [0.2, 0.25) is 0 Å². The van der Waals surface area contributed by atoms with Crippen molar-refractivity contribution in [2.45, 2.75) is 11.1 Å². The summed E-state index contributed by atoms with van der Waals surface area (Å²) in [5.41, 5.74) is 0. The van der Waals surface area contributed by atoms with Gasteiger partial charge < -0.3 is 9.84 Å². The highest BCUT2D eigenvalue weighted by molar-refractivity contribution is 9.10. The molecule has 0 amide bonds.